The van der Waals surface area contributed by atoms with E-state index < -0.39 is 0 Å². The average molecular weight is 251 g/mol. The summed E-state index contributed by atoms with van der Waals surface area (Å²) in [4.78, 5) is 6.42. The molecule has 0 saturated carbocycles. The smallest absolute Gasteiger partial charge is 0.123 e. The molecule has 0 spiro atoms. The molecule has 0 radical (unpaired) electrons. The highest BCUT2D eigenvalue weighted by Crippen LogP contribution is 2.21. The zero-order valence-corrected chi connectivity index (χ0v) is 10.6. The van der Waals surface area contributed by atoms with Gasteiger partial charge in [0.05, 0.1) is 18.0 Å². The molecule has 5 nitrogen and oxygen atoms in total. The van der Waals surface area contributed by atoms with Crippen molar-refractivity contribution in [1.82, 2.24) is 4.98 Å². The van der Waals surface area contributed by atoms with Crippen LogP contribution in [0.3, 0.4) is 0 Å². The number of hydrogen-bond acceptors (Lipinski definition) is 5. The van der Waals surface area contributed by atoms with Crippen LogP contribution in [0.15, 0.2) is 18.3 Å². The van der Waals surface area contributed by atoms with Crippen LogP contribution in [0.1, 0.15) is 19.3 Å². The average Bonchev–Trinajstić information content (AvgIpc) is 2.41. The molecule has 0 unspecified atom stereocenters. The lowest BCUT2D eigenvalue weighted by atomic mass is 10.1. The molecule has 0 amide bonds. The second-order valence-electron chi connectivity index (χ2n) is 4.58. The van der Waals surface area contributed by atoms with Crippen molar-refractivity contribution in [3.05, 3.63) is 18.3 Å². The summed E-state index contributed by atoms with van der Waals surface area (Å²) in [6.45, 7) is 2.82. The maximum atomic E-state index is 8.70. The van der Waals surface area contributed by atoms with Crippen LogP contribution in [0, 0.1) is 0 Å². The van der Waals surface area contributed by atoms with E-state index in [4.69, 9.17) is 15.6 Å². The van der Waals surface area contributed by atoms with Gasteiger partial charge in [0, 0.05) is 26.3 Å². The Morgan fingerprint density at radius 3 is 2.78 bits per heavy atom. The molecule has 1 aliphatic rings. The van der Waals surface area contributed by atoms with Crippen molar-refractivity contribution in [3.8, 4) is 0 Å². The van der Waals surface area contributed by atoms with Gasteiger partial charge < -0.3 is 20.5 Å². The Labute approximate surface area is 108 Å². The van der Waals surface area contributed by atoms with Crippen molar-refractivity contribution in [3.63, 3.8) is 0 Å². The predicted octanol–water partition coefficient (Wildman–Crippen LogP) is 1.03. The summed E-state index contributed by atoms with van der Waals surface area (Å²) in [6.07, 6.45) is 4.92. The number of aliphatic hydroxyl groups excluding tert-OH is 1. The van der Waals surface area contributed by atoms with Crippen molar-refractivity contribution in [1.29, 1.82) is 0 Å². The molecule has 0 atom stereocenters. The zero-order valence-electron chi connectivity index (χ0n) is 10.6. The summed E-state index contributed by atoms with van der Waals surface area (Å²) >= 11 is 0. The Bertz CT molecular complexity index is 348. The Hall–Kier alpha value is -1.33. The fraction of sp³-hybridized carbons (Fsp3) is 0.615. The van der Waals surface area contributed by atoms with Crippen LogP contribution in [0.25, 0.3) is 0 Å². The maximum absolute atomic E-state index is 8.70. The Morgan fingerprint density at radius 2 is 2.17 bits per heavy atom. The van der Waals surface area contributed by atoms with Gasteiger partial charge in [-0.1, -0.05) is 0 Å². The topological polar surface area (TPSA) is 71.6 Å². The van der Waals surface area contributed by atoms with E-state index in [9.17, 15) is 0 Å². The first-order valence-electron chi connectivity index (χ1n) is 6.48. The van der Waals surface area contributed by atoms with Crippen molar-refractivity contribution in [2.24, 2.45) is 0 Å². The van der Waals surface area contributed by atoms with Gasteiger partial charge in [-0.15, -0.1) is 0 Å². The quantitative estimate of drug-likeness (QED) is 0.765. The predicted molar refractivity (Wildman–Crippen MR) is 71.5 cm³/mol. The molecular weight excluding hydrogens is 230 g/mol. The van der Waals surface area contributed by atoms with E-state index in [0.29, 0.717) is 18.5 Å². The van der Waals surface area contributed by atoms with Gasteiger partial charge in [0.25, 0.3) is 0 Å². The Kier molecular flexibility index (Phi) is 4.78. The Morgan fingerprint density at radius 1 is 1.39 bits per heavy atom. The van der Waals surface area contributed by atoms with E-state index in [1.807, 2.05) is 18.3 Å². The van der Waals surface area contributed by atoms with Gasteiger partial charge in [0.1, 0.15) is 5.82 Å². The lowest BCUT2D eigenvalue weighted by Gasteiger charge is -2.33. The summed E-state index contributed by atoms with van der Waals surface area (Å²) in [5.41, 5.74) is 6.70. The highest BCUT2D eigenvalue weighted by molar-refractivity contribution is 5.48. The second-order valence-corrected chi connectivity index (χ2v) is 4.58. The van der Waals surface area contributed by atoms with Gasteiger partial charge in [-0.2, -0.15) is 0 Å². The van der Waals surface area contributed by atoms with Crippen molar-refractivity contribution >= 4 is 11.5 Å². The molecule has 0 aromatic carbocycles. The highest BCUT2D eigenvalue weighted by atomic mass is 16.5. The van der Waals surface area contributed by atoms with Crippen LogP contribution < -0.4 is 10.6 Å². The van der Waals surface area contributed by atoms with Crippen LogP contribution in [0.4, 0.5) is 11.5 Å². The lowest BCUT2D eigenvalue weighted by molar-refractivity contribution is 0.0294. The van der Waals surface area contributed by atoms with Gasteiger partial charge in [-0.3, -0.25) is 0 Å². The standard InChI is InChI=1S/C13H21N3O2/c14-13-3-2-11(10-15-13)16-6-4-12(5-7-16)18-9-1-8-17/h2-3,10,12,17H,1,4-9H2,(H2,14,15). The zero-order chi connectivity index (χ0) is 12.8. The van der Waals surface area contributed by atoms with E-state index in [-0.39, 0.29) is 6.61 Å². The third-order valence-corrected chi connectivity index (χ3v) is 3.23. The molecule has 1 aromatic rings. The number of nitrogen functional groups attached to an aromatic ring is 1. The lowest BCUT2D eigenvalue weighted by Crippen LogP contribution is -2.37. The Balaban J connectivity index is 1.77. The number of nitrogens with zero attached hydrogens (tertiary/aromatic N) is 2. The third kappa shape index (κ3) is 3.58. The number of aliphatic hydroxyl groups is 1. The van der Waals surface area contributed by atoms with Crippen molar-refractivity contribution in [2.75, 3.05) is 36.9 Å². The van der Waals surface area contributed by atoms with Gasteiger partial charge >= 0.3 is 0 Å². The summed E-state index contributed by atoms with van der Waals surface area (Å²) in [5, 5.41) is 8.70. The number of rotatable bonds is 5. The van der Waals surface area contributed by atoms with Gasteiger partial charge in [0.2, 0.25) is 0 Å². The minimum Gasteiger partial charge on any atom is -0.396 e. The second kappa shape index (κ2) is 6.56. The monoisotopic (exact) mass is 251 g/mol. The molecule has 1 fully saturated rings. The number of ether oxygens (including phenoxy) is 1. The van der Waals surface area contributed by atoms with E-state index in [1.165, 1.54) is 0 Å². The fourth-order valence-corrected chi connectivity index (χ4v) is 2.18. The minimum absolute atomic E-state index is 0.204. The summed E-state index contributed by atoms with van der Waals surface area (Å²) in [6, 6.07) is 3.84. The van der Waals surface area contributed by atoms with Crippen LogP contribution in [-0.2, 0) is 4.74 Å². The fourth-order valence-electron chi connectivity index (χ4n) is 2.18. The van der Waals surface area contributed by atoms with Gasteiger partial charge in [-0.05, 0) is 31.4 Å². The first kappa shape index (κ1) is 13.1. The molecule has 0 aliphatic carbocycles. The first-order chi connectivity index (χ1) is 8.79. The molecule has 1 aromatic heterocycles. The summed E-state index contributed by atoms with van der Waals surface area (Å²) in [7, 11) is 0. The molecule has 1 saturated heterocycles. The number of pyridine rings is 1. The third-order valence-electron chi connectivity index (χ3n) is 3.23. The SMILES string of the molecule is Nc1ccc(N2CCC(OCCCO)CC2)cn1. The molecule has 5 heteroatoms. The molecule has 2 heterocycles. The van der Waals surface area contributed by atoms with Gasteiger partial charge in [0.15, 0.2) is 0 Å². The normalized spacial score (nSPS) is 17.1. The number of hydrogen-bond donors (Lipinski definition) is 2. The molecule has 3 N–H and O–H groups in total. The number of piperidine rings is 1. The first-order valence-corrected chi connectivity index (χ1v) is 6.48. The molecular formula is C13H21N3O2. The molecule has 0 bridgehead atoms. The molecule has 2 rings (SSSR count). The number of nitrogens with two attached hydrogens (primary N) is 1. The molecule has 1 aliphatic heterocycles. The van der Waals surface area contributed by atoms with Crippen LogP contribution >= 0.6 is 0 Å². The van der Waals surface area contributed by atoms with E-state index in [1.54, 1.807) is 0 Å². The summed E-state index contributed by atoms with van der Waals surface area (Å²) in [5.74, 6) is 0.556. The summed E-state index contributed by atoms with van der Waals surface area (Å²) < 4.78 is 5.70. The van der Waals surface area contributed by atoms with Crippen LogP contribution in [0.2, 0.25) is 0 Å². The van der Waals surface area contributed by atoms with Crippen molar-refractivity contribution in [2.45, 2.75) is 25.4 Å². The van der Waals surface area contributed by atoms with E-state index in [2.05, 4.69) is 9.88 Å². The van der Waals surface area contributed by atoms with Crippen molar-refractivity contribution < 1.29 is 9.84 Å². The molecule has 100 valence electrons. The minimum atomic E-state index is 0.204. The van der Waals surface area contributed by atoms with Crippen LogP contribution in [-0.4, -0.2) is 42.5 Å². The van der Waals surface area contributed by atoms with E-state index in [0.717, 1.165) is 38.0 Å². The van der Waals surface area contributed by atoms with E-state index >= 15 is 0 Å². The largest absolute Gasteiger partial charge is 0.396 e. The number of anilines is 2. The highest BCUT2D eigenvalue weighted by Gasteiger charge is 2.19. The maximum Gasteiger partial charge on any atom is 0.123 e. The van der Waals surface area contributed by atoms with Gasteiger partial charge in [-0.25, -0.2) is 4.98 Å². The number of aromatic nitrogens is 1. The molecule has 18 heavy (non-hydrogen) atoms. The van der Waals surface area contributed by atoms with Crippen LogP contribution in [0.5, 0.6) is 0 Å².